The van der Waals surface area contributed by atoms with Crippen LogP contribution in [0, 0.1) is 12.7 Å². The van der Waals surface area contributed by atoms with E-state index in [4.69, 9.17) is 0 Å². The summed E-state index contributed by atoms with van der Waals surface area (Å²) in [5.41, 5.74) is 1.66. The average molecular weight is 597 g/mol. The Balaban J connectivity index is 1.73. The van der Waals surface area contributed by atoms with Gasteiger partial charge in [0.1, 0.15) is 5.82 Å². The lowest BCUT2D eigenvalue weighted by molar-refractivity contribution is -0.138. The molecule has 1 aromatic heterocycles. The topological polar surface area (TPSA) is 120 Å². The number of halogens is 2. The summed E-state index contributed by atoms with van der Waals surface area (Å²) in [7, 11) is 0. The number of amides is 3. The van der Waals surface area contributed by atoms with E-state index in [1.54, 1.807) is 24.3 Å². The first-order valence-electron chi connectivity index (χ1n) is 12.2. The normalized spacial score (nSPS) is 15.9. The molecule has 1 aliphatic heterocycles. The lowest BCUT2D eigenvalue weighted by Crippen LogP contribution is -2.63. The monoisotopic (exact) mass is 596 g/mol. The molecule has 2 unspecified atom stereocenters. The van der Waals surface area contributed by atoms with Crippen LogP contribution in [0.4, 0.5) is 4.39 Å². The molecule has 0 spiro atoms. The van der Waals surface area contributed by atoms with E-state index in [2.05, 4.69) is 26.2 Å². The summed E-state index contributed by atoms with van der Waals surface area (Å²) in [5.74, 6) is -3.65. The molecule has 4 rings (SSSR count). The third kappa shape index (κ3) is 6.66. The van der Waals surface area contributed by atoms with E-state index < -0.39 is 48.1 Å². The molecule has 2 N–H and O–H groups in total. The van der Waals surface area contributed by atoms with Crippen LogP contribution in [-0.2, 0) is 9.59 Å². The average Bonchev–Trinajstić information content (AvgIpc) is 2.91. The summed E-state index contributed by atoms with van der Waals surface area (Å²) in [6.07, 6.45) is 1.41. The van der Waals surface area contributed by atoms with Gasteiger partial charge in [-0.05, 0) is 59.1 Å². The largest absolute Gasteiger partial charge is 0.481 e. The number of aliphatic carboxylic acids is 1. The number of rotatable bonds is 7. The highest BCUT2D eigenvalue weighted by Gasteiger charge is 2.41. The van der Waals surface area contributed by atoms with Crippen molar-refractivity contribution in [1.82, 2.24) is 20.1 Å². The van der Waals surface area contributed by atoms with Crippen LogP contribution in [0.3, 0.4) is 0 Å². The second kappa shape index (κ2) is 12.2. The van der Waals surface area contributed by atoms with Gasteiger partial charge in [-0.3, -0.25) is 24.2 Å². The number of carbonyl (C=O) groups excluding carboxylic acids is 3. The van der Waals surface area contributed by atoms with Crippen LogP contribution in [0.1, 0.15) is 50.7 Å². The Morgan fingerprint density at radius 3 is 2.36 bits per heavy atom. The van der Waals surface area contributed by atoms with Crippen molar-refractivity contribution in [2.24, 2.45) is 0 Å². The number of pyridine rings is 1. The van der Waals surface area contributed by atoms with Gasteiger partial charge in [0, 0.05) is 35.5 Å². The van der Waals surface area contributed by atoms with Crippen molar-refractivity contribution in [1.29, 1.82) is 0 Å². The molecule has 2 heterocycles. The van der Waals surface area contributed by atoms with Gasteiger partial charge in [-0.1, -0.05) is 35.9 Å². The second-order valence-electron chi connectivity index (χ2n) is 9.20. The molecule has 2 atom stereocenters. The Hall–Kier alpha value is -4.12. The van der Waals surface area contributed by atoms with Gasteiger partial charge < -0.3 is 20.2 Å². The molecule has 3 aromatic rings. The molecular formula is C28H26BrFN4O5. The first kappa shape index (κ1) is 27.9. The van der Waals surface area contributed by atoms with Gasteiger partial charge in [0.05, 0.1) is 18.0 Å². The van der Waals surface area contributed by atoms with Crippen molar-refractivity contribution < 1.29 is 28.7 Å². The minimum absolute atomic E-state index is 0.0204. The maximum Gasteiger partial charge on any atom is 0.305 e. The molecule has 1 aliphatic rings. The zero-order valence-electron chi connectivity index (χ0n) is 21.0. The molecule has 2 aromatic carbocycles. The molecule has 9 nitrogen and oxygen atoms in total. The number of hydrogen-bond donors (Lipinski definition) is 2. The molecule has 3 amide bonds. The summed E-state index contributed by atoms with van der Waals surface area (Å²) in [5, 5.41) is 12.3. The minimum Gasteiger partial charge on any atom is -0.481 e. The molecule has 0 saturated carbocycles. The number of benzene rings is 2. The number of aryl methyl sites for hydroxylation is 1. The van der Waals surface area contributed by atoms with E-state index in [1.165, 1.54) is 40.4 Å². The van der Waals surface area contributed by atoms with Crippen molar-refractivity contribution in [3.63, 3.8) is 0 Å². The van der Waals surface area contributed by atoms with Gasteiger partial charge in [0.15, 0.2) is 6.17 Å². The van der Waals surface area contributed by atoms with Gasteiger partial charge in [-0.2, -0.15) is 0 Å². The molecule has 1 saturated heterocycles. The maximum absolute atomic E-state index is 13.9. The van der Waals surface area contributed by atoms with Crippen molar-refractivity contribution in [2.75, 3.05) is 13.1 Å². The number of carboxylic acids is 1. The van der Waals surface area contributed by atoms with Crippen LogP contribution in [0.25, 0.3) is 0 Å². The van der Waals surface area contributed by atoms with Crippen molar-refractivity contribution in [2.45, 2.75) is 32.0 Å². The fourth-order valence-corrected chi connectivity index (χ4v) is 4.94. The fourth-order valence-electron chi connectivity index (χ4n) is 4.57. The molecule has 0 bridgehead atoms. The Labute approximate surface area is 232 Å². The highest BCUT2D eigenvalue weighted by atomic mass is 79.9. The predicted octanol–water partition coefficient (Wildman–Crippen LogP) is 3.94. The van der Waals surface area contributed by atoms with E-state index in [1.807, 2.05) is 13.0 Å². The summed E-state index contributed by atoms with van der Waals surface area (Å²) < 4.78 is 14.5. The number of carbonyl (C=O) groups is 4. The third-order valence-corrected chi connectivity index (χ3v) is 6.74. The van der Waals surface area contributed by atoms with Crippen LogP contribution >= 0.6 is 15.9 Å². The number of hydrogen-bond acceptors (Lipinski definition) is 5. The number of aromatic nitrogens is 1. The van der Waals surface area contributed by atoms with E-state index in [0.717, 1.165) is 11.6 Å². The summed E-state index contributed by atoms with van der Waals surface area (Å²) in [6, 6.07) is 12.8. The zero-order valence-corrected chi connectivity index (χ0v) is 22.6. The molecular weight excluding hydrogens is 571 g/mol. The first-order valence-corrected chi connectivity index (χ1v) is 13.0. The Kier molecular flexibility index (Phi) is 8.70. The Bertz CT molecular complexity index is 1350. The van der Waals surface area contributed by atoms with Gasteiger partial charge in [0.25, 0.3) is 17.7 Å². The Morgan fingerprint density at radius 2 is 1.72 bits per heavy atom. The minimum atomic E-state index is -1.41. The van der Waals surface area contributed by atoms with E-state index in [-0.39, 0.29) is 24.2 Å². The van der Waals surface area contributed by atoms with Crippen molar-refractivity contribution in [3.8, 4) is 0 Å². The van der Waals surface area contributed by atoms with E-state index >= 15 is 0 Å². The van der Waals surface area contributed by atoms with Crippen molar-refractivity contribution >= 4 is 39.6 Å². The van der Waals surface area contributed by atoms with E-state index in [9.17, 15) is 28.7 Å². The summed E-state index contributed by atoms with van der Waals surface area (Å²) in [6.45, 7) is 2.13. The van der Waals surface area contributed by atoms with Gasteiger partial charge in [-0.25, -0.2) is 4.39 Å². The van der Waals surface area contributed by atoms with E-state index in [0.29, 0.717) is 16.5 Å². The predicted molar refractivity (Wildman–Crippen MR) is 143 cm³/mol. The van der Waals surface area contributed by atoms with Crippen LogP contribution < -0.4 is 5.32 Å². The summed E-state index contributed by atoms with van der Waals surface area (Å²) >= 11 is 3.29. The quantitative estimate of drug-likeness (QED) is 0.426. The van der Waals surface area contributed by atoms with Crippen LogP contribution in [0.2, 0.25) is 0 Å². The standard InChI is InChI=1S/C28H26BrFN4O5/c1-17-5-2-6-18(11-17)23(14-24(35)36)32-25(37)26-33(27(38)19-7-3-8-22(30)13-19)9-4-10-34(26)28(39)20-12-21(29)16-31-15-20/h2-3,5-8,11-13,15-16,23,26H,4,9-10,14H2,1H3,(H,32,37)(H,35,36). The molecule has 39 heavy (non-hydrogen) atoms. The number of nitrogens with zero attached hydrogens (tertiary/aromatic N) is 3. The number of nitrogens with one attached hydrogen (secondary N) is 1. The lowest BCUT2D eigenvalue weighted by atomic mass is 10.0. The van der Waals surface area contributed by atoms with Crippen molar-refractivity contribution in [3.05, 3.63) is 99.5 Å². The highest BCUT2D eigenvalue weighted by Crippen LogP contribution is 2.24. The first-order chi connectivity index (χ1) is 18.6. The highest BCUT2D eigenvalue weighted by molar-refractivity contribution is 9.10. The van der Waals surface area contributed by atoms with Gasteiger partial charge in [-0.15, -0.1) is 0 Å². The molecule has 11 heteroatoms. The van der Waals surface area contributed by atoms with Crippen LogP contribution in [0.15, 0.2) is 71.5 Å². The molecule has 202 valence electrons. The zero-order chi connectivity index (χ0) is 28.1. The van der Waals surface area contributed by atoms with Crippen LogP contribution in [-0.4, -0.2) is 62.8 Å². The Morgan fingerprint density at radius 1 is 1.03 bits per heavy atom. The maximum atomic E-state index is 13.9. The van der Waals surface area contributed by atoms with Gasteiger partial charge in [0.2, 0.25) is 0 Å². The summed E-state index contributed by atoms with van der Waals surface area (Å²) in [4.78, 5) is 59.2. The third-order valence-electron chi connectivity index (χ3n) is 6.31. The molecule has 1 fully saturated rings. The number of carboxylic acid groups (broad SMARTS) is 1. The molecule has 0 radical (unpaired) electrons. The molecule has 0 aliphatic carbocycles. The SMILES string of the molecule is Cc1cccc(C(CC(=O)O)NC(=O)C2N(C(=O)c3cccc(F)c3)CCCN2C(=O)c2cncc(Br)c2)c1. The fraction of sp³-hybridized carbons (Fsp3) is 0.250. The lowest BCUT2D eigenvalue weighted by Gasteiger charge is -2.43. The smallest absolute Gasteiger partial charge is 0.305 e. The van der Waals surface area contributed by atoms with Crippen LogP contribution in [0.5, 0.6) is 0 Å². The second-order valence-corrected chi connectivity index (χ2v) is 10.1. The van der Waals surface area contributed by atoms with Gasteiger partial charge >= 0.3 is 5.97 Å².